The van der Waals surface area contributed by atoms with E-state index < -0.39 is 0 Å². The highest BCUT2D eigenvalue weighted by molar-refractivity contribution is 5.13. The van der Waals surface area contributed by atoms with Gasteiger partial charge in [0.25, 0.3) is 0 Å². The summed E-state index contributed by atoms with van der Waals surface area (Å²) in [7, 11) is 0. The Morgan fingerprint density at radius 2 is 1.89 bits per heavy atom. The Morgan fingerprint density at radius 3 is 2.42 bits per heavy atom. The number of rotatable bonds is 6. The van der Waals surface area contributed by atoms with Gasteiger partial charge in [-0.3, -0.25) is 16.3 Å². The van der Waals surface area contributed by atoms with E-state index in [1.165, 1.54) is 37.7 Å². The smallest absolute Gasteiger partial charge is 0.0307 e. The van der Waals surface area contributed by atoms with Crippen LogP contribution in [0.4, 0.5) is 0 Å². The lowest BCUT2D eigenvalue weighted by Crippen LogP contribution is -2.49. The summed E-state index contributed by atoms with van der Waals surface area (Å²) in [5.74, 6) is 6.62. The summed E-state index contributed by atoms with van der Waals surface area (Å²) in [6.07, 6.45) is 11.3. The van der Waals surface area contributed by atoms with Gasteiger partial charge in [-0.25, -0.2) is 0 Å². The van der Waals surface area contributed by atoms with Crippen molar-refractivity contribution in [2.45, 2.75) is 58.4 Å². The van der Waals surface area contributed by atoms with Crippen LogP contribution in [0.5, 0.6) is 0 Å². The van der Waals surface area contributed by atoms with E-state index in [2.05, 4.69) is 36.4 Å². The molecule has 1 atom stereocenters. The van der Waals surface area contributed by atoms with Crippen molar-refractivity contribution < 1.29 is 0 Å². The molecule has 3 nitrogen and oxygen atoms in total. The van der Waals surface area contributed by atoms with E-state index in [1.807, 2.05) is 12.4 Å². The van der Waals surface area contributed by atoms with Crippen LogP contribution in [0.15, 0.2) is 24.5 Å². The molecule has 1 heterocycles. The molecule has 1 fully saturated rings. The maximum Gasteiger partial charge on any atom is 0.0307 e. The summed E-state index contributed by atoms with van der Waals surface area (Å²) in [4.78, 5) is 4.09. The van der Waals surface area contributed by atoms with Gasteiger partial charge in [0.15, 0.2) is 0 Å². The molecule has 19 heavy (non-hydrogen) atoms. The number of pyridine rings is 1. The second-order valence-corrected chi connectivity index (χ2v) is 6.45. The molecule has 106 valence electrons. The lowest BCUT2D eigenvalue weighted by atomic mass is 9.71. The summed E-state index contributed by atoms with van der Waals surface area (Å²) >= 11 is 0. The van der Waals surface area contributed by atoms with E-state index in [0.29, 0.717) is 11.5 Å². The third kappa shape index (κ3) is 3.54. The van der Waals surface area contributed by atoms with Crippen LogP contribution < -0.4 is 11.3 Å². The SMILES string of the molecule is CC(C)CC1(C(Cc2ccncc2)NN)CCCC1. The molecular weight excluding hydrogens is 234 g/mol. The number of hydrogen-bond donors (Lipinski definition) is 2. The maximum absolute atomic E-state index is 5.90. The molecule has 0 radical (unpaired) electrons. The number of nitrogens with zero attached hydrogens (tertiary/aromatic N) is 1. The van der Waals surface area contributed by atoms with Crippen LogP contribution in [0, 0.1) is 11.3 Å². The summed E-state index contributed by atoms with van der Waals surface area (Å²) < 4.78 is 0. The molecule has 1 aliphatic rings. The summed E-state index contributed by atoms with van der Waals surface area (Å²) in [6.45, 7) is 4.64. The third-order valence-electron chi connectivity index (χ3n) is 4.54. The lowest BCUT2D eigenvalue weighted by molar-refractivity contribution is 0.154. The van der Waals surface area contributed by atoms with Gasteiger partial charge in [0.05, 0.1) is 0 Å². The topological polar surface area (TPSA) is 50.9 Å². The Labute approximate surface area is 117 Å². The summed E-state index contributed by atoms with van der Waals surface area (Å²) in [6, 6.07) is 4.57. The quantitative estimate of drug-likeness (QED) is 0.611. The Bertz CT molecular complexity index is 369. The van der Waals surface area contributed by atoms with Crippen molar-refractivity contribution in [1.82, 2.24) is 10.4 Å². The molecule has 3 heteroatoms. The first kappa shape index (κ1) is 14.5. The first-order chi connectivity index (χ1) is 9.16. The van der Waals surface area contributed by atoms with Crippen LogP contribution >= 0.6 is 0 Å². The van der Waals surface area contributed by atoms with Gasteiger partial charge in [-0.2, -0.15) is 0 Å². The minimum Gasteiger partial charge on any atom is -0.271 e. The molecule has 0 saturated heterocycles. The van der Waals surface area contributed by atoms with E-state index in [9.17, 15) is 0 Å². The van der Waals surface area contributed by atoms with Gasteiger partial charge in [0, 0.05) is 18.4 Å². The zero-order valence-electron chi connectivity index (χ0n) is 12.2. The fourth-order valence-electron chi connectivity index (χ4n) is 3.79. The molecular formula is C16H27N3. The molecule has 1 aliphatic carbocycles. The van der Waals surface area contributed by atoms with Crippen molar-refractivity contribution in [2.24, 2.45) is 17.2 Å². The molecule has 1 aromatic heterocycles. The van der Waals surface area contributed by atoms with Crippen molar-refractivity contribution in [1.29, 1.82) is 0 Å². The molecule has 1 saturated carbocycles. The van der Waals surface area contributed by atoms with Crippen LogP contribution in [-0.2, 0) is 6.42 Å². The third-order valence-corrected chi connectivity index (χ3v) is 4.54. The van der Waals surface area contributed by atoms with Crippen molar-refractivity contribution in [2.75, 3.05) is 0 Å². The molecule has 0 aromatic carbocycles. The van der Waals surface area contributed by atoms with Crippen LogP contribution in [0.2, 0.25) is 0 Å². The molecule has 3 N–H and O–H groups in total. The van der Waals surface area contributed by atoms with E-state index in [-0.39, 0.29) is 0 Å². The van der Waals surface area contributed by atoms with Gasteiger partial charge in [0.1, 0.15) is 0 Å². The highest BCUT2D eigenvalue weighted by Gasteiger charge is 2.40. The number of nitrogens with one attached hydrogen (secondary N) is 1. The molecule has 0 bridgehead atoms. The summed E-state index contributed by atoms with van der Waals surface area (Å²) in [5.41, 5.74) is 4.83. The fourth-order valence-corrected chi connectivity index (χ4v) is 3.79. The van der Waals surface area contributed by atoms with Gasteiger partial charge in [-0.1, -0.05) is 26.7 Å². The Kier molecular flexibility index (Phi) is 4.94. The minimum absolute atomic E-state index is 0.375. The highest BCUT2D eigenvalue weighted by atomic mass is 15.2. The van der Waals surface area contributed by atoms with Crippen LogP contribution in [-0.4, -0.2) is 11.0 Å². The predicted octanol–water partition coefficient (Wildman–Crippen LogP) is 3.06. The lowest BCUT2D eigenvalue weighted by Gasteiger charge is -2.39. The molecule has 1 aromatic rings. The van der Waals surface area contributed by atoms with E-state index in [0.717, 1.165) is 12.3 Å². The monoisotopic (exact) mass is 261 g/mol. The van der Waals surface area contributed by atoms with Crippen molar-refractivity contribution >= 4 is 0 Å². The standard InChI is InChI=1S/C16H27N3/c1-13(2)12-16(7-3-4-8-16)15(19-17)11-14-5-9-18-10-6-14/h5-6,9-10,13,15,19H,3-4,7-8,11-12,17H2,1-2H3. The van der Waals surface area contributed by atoms with Crippen LogP contribution in [0.1, 0.15) is 51.5 Å². The van der Waals surface area contributed by atoms with Gasteiger partial charge < -0.3 is 0 Å². The van der Waals surface area contributed by atoms with E-state index in [1.54, 1.807) is 0 Å². The number of hydrazine groups is 1. The van der Waals surface area contributed by atoms with Gasteiger partial charge in [0.2, 0.25) is 0 Å². The van der Waals surface area contributed by atoms with Crippen molar-refractivity contribution in [3.8, 4) is 0 Å². The molecule has 1 unspecified atom stereocenters. The van der Waals surface area contributed by atoms with Crippen molar-refractivity contribution in [3.05, 3.63) is 30.1 Å². The average molecular weight is 261 g/mol. The van der Waals surface area contributed by atoms with E-state index in [4.69, 9.17) is 5.84 Å². The Balaban J connectivity index is 2.13. The molecule has 0 spiro atoms. The normalized spacial score (nSPS) is 19.8. The average Bonchev–Trinajstić information content (AvgIpc) is 2.85. The number of aromatic nitrogens is 1. The van der Waals surface area contributed by atoms with Gasteiger partial charge in [-0.05, 0) is 54.7 Å². The molecule has 0 aliphatic heterocycles. The van der Waals surface area contributed by atoms with E-state index >= 15 is 0 Å². The fraction of sp³-hybridized carbons (Fsp3) is 0.688. The van der Waals surface area contributed by atoms with Gasteiger partial charge >= 0.3 is 0 Å². The maximum atomic E-state index is 5.90. The Morgan fingerprint density at radius 1 is 1.26 bits per heavy atom. The highest BCUT2D eigenvalue weighted by Crippen LogP contribution is 2.46. The van der Waals surface area contributed by atoms with Crippen LogP contribution in [0.25, 0.3) is 0 Å². The first-order valence-corrected chi connectivity index (χ1v) is 7.51. The largest absolute Gasteiger partial charge is 0.271 e. The van der Waals surface area contributed by atoms with Crippen LogP contribution in [0.3, 0.4) is 0 Å². The minimum atomic E-state index is 0.375. The number of hydrogen-bond acceptors (Lipinski definition) is 3. The predicted molar refractivity (Wildman–Crippen MR) is 79.4 cm³/mol. The second-order valence-electron chi connectivity index (χ2n) is 6.45. The molecule has 2 rings (SSSR count). The zero-order chi connectivity index (χ0) is 13.7. The molecule has 0 amide bonds. The zero-order valence-corrected chi connectivity index (χ0v) is 12.2. The number of nitrogens with two attached hydrogens (primary N) is 1. The second kappa shape index (κ2) is 6.49. The Hall–Kier alpha value is -0.930. The van der Waals surface area contributed by atoms with Crippen molar-refractivity contribution in [3.63, 3.8) is 0 Å². The summed E-state index contributed by atoms with van der Waals surface area (Å²) in [5, 5.41) is 0. The first-order valence-electron chi connectivity index (χ1n) is 7.51. The van der Waals surface area contributed by atoms with Gasteiger partial charge in [-0.15, -0.1) is 0 Å².